The van der Waals surface area contributed by atoms with Gasteiger partial charge in [0.05, 0.1) is 28.7 Å². The number of rotatable bonds is 9. The molecule has 3 heterocycles. The van der Waals surface area contributed by atoms with E-state index in [0.717, 1.165) is 21.8 Å². The van der Waals surface area contributed by atoms with Gasteiger partial charge in [-0.25, -0.2) is 9.37 Å². The van der Waals surface area contributed by atoms with Crippen molar-refractivity contribution in [3.05, 3.63) is 70.1 Å². The Kier molecular flexibility index (Phi) is 6.92. The minimum absolute atomic E-state index is 0.316. The van der Waals surface area contributed by atoms with Crippen molar-refractivity contribution in [2.24, 2.45) is 5.73 Å². The van der Waals surface area contributed by atoms with Crippen LogP contribution in [0.5, 0.6) is 5.75 Å². The van der Waals surface area contributed by atoms with Crippen LogP contribution in [-0.4, -0.2) is 45.4 Å². The van der Waals surface area contributed by atoms with E-state index in [-0.39, 0.29) is 6.10 Å². The van der Waals surface area contributed by atoms with Crippen molar-refractivity contribution in [1.82, 2.24) is 19.3 Å². The molecule has 10 heteroatoms. The molecule has 2 N–H and O–H groups in total. The number of hydrogen-bond acceptors (Lipinski definition) is 6. The molecule has 4 aromatic rings. The van der Waals surface area contributed by atoms with Crippen molar-refractivity contribution in [2.45, 2.75) is 19.6 Å². The van der Waals surface area contributed by atoms with Crippen LogP contribution in [0.2, 0.25) is 5.02 Å². The van der Waals surface area contributed by atoms with Gasteiger partial charge < -0.3 is 10.5 Å². The van der Waals surface area contributed by atoms with Crippen LogP contribution in [-0.2, 0) is 6.54 Å². The molecule has 0 aliphatic rings. The van der Waals surface area contributed by atoms with Crippen LogP contribution in [0.15, 0.2) is 48.9 Å². The number of aromatic nitrogens is 3. The van der Waals surface area contributed by atoms with E-state index >= 15 is 0 Å². The molecule has 172 valence electrons. The van der Waals surface area contributed by atoms with Crippen molar-refractivity contribution in [2.75, 3.05) is 20.3 Å². The number of primary amides is 1. The number of thiophene rings is 1. The minimum Gasteiger partial charge on any atom is -0.484 e. The number of imidazole rings is 1. The van der Waals surface area contributed by atoms with Crippen molar-refractivity contribution < 1.29 is 13.9 Å². The van der Waals surface area contributed by atoms with Gasteiger partial charge in [0.2, 0.25) is 0 Å². The van der Waals surface area contributed by atoms with Gasteiger partial charge in [-0.2, -0.15) is 0 Å². The lowest BCUT2D eigenvalue weighted by molar-refractivity contribution is 0.0998. The van der Waals surface area contributed by atoms with E-state index in [1.54, 1.807) is 24.5 Å². The number of halogens is 2. The van der Waals surface area contributed by atoms with Gasteiger partial charge in [0, 0.05) is 35.9 Å². The van der Waals surface area contributed by atoms with Crippen molar-refractivity contribution >= 4 is 34.5 Å². The molecule has 0 unspecified atom stereocenters. The SMILES string of the molecule is C[C@@H](Oc1cc(-c2cnc3cnc(CN(C)CCF)cn23)sc1C(N)=O)c1ccccc1Cl. The first-order valence-corrected chi connectivity index (χ1v) is 11.5. The predicted octanol–water partition coefficient (Wildman–Crippen LogP) is 4.75. The molecule has 0 aliphatic heterocycles. The number of benzene rings is 1. The fourth-order valence-corrected chi connectivity index (χ4v) is 4.75. The molecule has 4 rings (SSSR count). The van der Waals surface area contributed by atoms with Crippen LogP contribution >= 0.6 is 22.9 Å². The normalized spacial score (nSPS) is 12.4. The predicted molar refractivity (Wildman–Crippen MR) is 128 cm³/mol. The Morgan fingerprint density at radius 2 is 2.12 bits per heavy atom. The third-order valence-corrected chi connectivity index (χ3v) is 6.67. The lowest BCUT2D eigenvalue weighted by atomic mass is 10.1. The average molecular weight is 488 g/mol. The van der Waals surface area contributed by atoms with Gasteiger partial charge in [0.1, 0.15) is 23.4 Å². The largest absolute Gasteiger partial charge is 0.484 e. The van der Waals surface area contributed by atoms with Crippen LogP contribution in [0.3, 0.4) is 0 Å². The Morgan fingerprint density at radius 1 is 1.33 bits per heavy atom. The summed E-state index contributed by atoms with van der Waals surface area (Å²) in [5, 5.41) is 0.584. The molecule has 0 aliphatic carbocycles. The summed E-state index contributed by atoms with van der Waals surface area (Å²) in [7, 11) is 1.84. The maximum Gasteiger partial charge on any atom is 0.262 e. The van der Waals surface area contributed by atoms with E-state index in [9.17, 15) is 9.18 Å². The summed E-state index contributed by atoms with van der Waals surface area (Å²) in [6.45, 7) is 2.27. The summed E-state index contributed by atoms with van der Waals surface area (Å²) < 4.78 is 20.6. The highest BCUT2D eigenvalue weighted by atomic mass is 35.5. The lowest BCUT2D eigenvalue weighted by Crippen LogP contribution is -2.21. The molecule has 1 aromatic carbocycles. The average Bonchev–Trinajstić information content (AvgIpc) is 3.38. The quantitative estimate of drug-likeness (QED) is 0.368. The van der Waals surface area contributed by atoms with Crippen molar-refractivity contribution in [3.63, 3.8) is 0 Å². The van der Waals surface area contributed by atoms with E-state index in [4.69, 9.17) is 22.1 Å². The van der Waals surface area contributed by atoms with E-state index in [1.165, 1.54) is 11.3 Å². The second-order valence-corrected chi connectivity index (χ2v) is 9.09. The van der Waals surface area contributed by atoms with E-state index in [0.29, 0.717) is 34.4 Å². The second-order valence-electron chi connectivity index (χ2n) is 7.63. The molecule has 0 fully saturated rings. The molecule has 33 heavy (non-hydrogen) atoms. The fourth-order valence-electron chi connectivity index (χ4n) is 3.51. The number of alkyl halides is 1. The van der Waals surface area contributed by atoms with Gasteiger partial charge >= 0.3 is 0 Å². The summed E-state index contributed by atoms with van der Waals surface area (Å²) in [5.41, 5.74) is 8.65. The van der Waals surface area contributed by atoms with Gasteiger partial charge in [0.25, 0.3) is 5.91 Å². The third kappa shape index (κ3) is 5.00. The number of nitrogens with two attached hydrogens (primary N) is 1. The number of carbonyl (C=O) groups excluding carboxylic acids is 1. The number of nitrogens with zero attached hydrogens (tertiary/aromatic N) is 4. The summed E-state index contributed by atoms with van der Waals surface area (Å²) in [4.78, 5) is 23.9. The summed E-state index contributed by atoms with van der Waals surface area (Å²) in [6, 6.07) is 9.18. The van der Waals surface area contributed by atoms with Gasteiger partial charge in [-0.05, 0) is 20.0 Å². The molecule has 0 saturated heterocycles. The smallest absolute Gasteiger partial charge is 0.262 e. The Bertz CT molecular complexity index is 1290. The molecular weight excluding hydrogens is 465 g/mol. The lowest BCUT2D eigenvalue weighted by Gasteiger charge is -2.16. The fraction of sp³-hybridized carbons (Fsp3) is 0.261. The van der Waals surface area contributed by atoms with Crippen LogP contribution in [0.1, 0.15) is 34.0 Å². The molecule has 0 bridgehead atoms. The monoisotopic (exact) mass is 487 g/mol. The Balaban J connectivity index is 1.68. The van der Waals surface area contributed by atoms with Gasteiger partial charge in [-0.3, -0.25) is 19.1 Å². The van der Waals surface area contributed by atoms with Crippen LogP contribution in [0, 0.1) is 0 Å². The zero-order chi connectivity index (χ0) is 23.5. The highest BCUT2D eigenvalue weighted by Crippen LogP contribution is 2.39. The third-order valence-electron chi connectivity index (χ3n) is 5.17. The maximum atomic E-state index is 12.6. The number of ether oxygens (including phenoxy) is 1. The number of hydrogen-bond donors (Lipinski definition) is 1. The van der Waals surface area contributed by atoms with E-state index in [2.05, 4.69) is 9.97 Å². The molecule has 0 spiro atoms. The summed E-state index contributed by atoms with van der Waals surface area (Å²) >= 11 is 7.53. The Labute approximate surface area is 199 Å². The van der Waals surface area contributed by atoms with Gasteiger partial charge in [-0.15, -0.1) is 11.3 Å². The zero-order valence-electron chi connectivity index (χ0n) is 18.2. The first-order valence-electron chi connectivity index (χ1n) is 10.3. The van der Waals surface area contributed by atoms with Crippen LogP contribution in [0.4, 0.5) is 4.39 Å². The zero-order valence-corrected chi connectivity index (χ0v) is 19.7. The van der Waals surface area contributed by atoms with E-state index < -0.39 is 12.6 Å². The maximum absolute atomic E-state index is 12.6. The molecule has 3 aromatic heterocycles. The van der Waals surface area contributed by atoms with Crippen molar-refractivity contribution in [3.8, 4) is 16.3 Å². The molecule has 0 saturated carbocycles. The number of carbonyl (C=O) groups is 1. The Hall–Kier alpha value is -3.01. The topological polar surface area (TPSA) is 85.8 Å². The molecular formula is C23H23ClFN5O2S. The van der Waals surface area contributed by atoms with Gasteiger partial charge in [-0.1, -0.05) is 29.8 Å². The molecule has 0 radical (unpaired) electrons. The van der Waals surface area contributed by atoms with Gasteiger partial charge in [0.15, 0.2) is 5.65 Å². The first kappa shape index (κ1) is 23.2. The molecule has 1 amide bonds. The van der Waals surface area contributed by atoms with Crippen LogP contribution < -0.4 is 10.5 Å². The highest BCUT2D eigenvalue weighted by Gasteiger charge is 2.21. The standard InChI is InChI=1S/C23H23ClFN5O2S/c1-14(16-5-3-4-6-17(16)24)32-19-9-20(33-22(19)23(26)31)18-10-28-21-11-27-15(13-30(18)21)12-29(2)8-7-25/h3-6,9-11,13-14H,7-8,12H2,1-2H3,(H2,26,31)/t14-/m1/s1. The summed E-state index contributed by atoms with van der Waals surface area (Å²) in [5.74, 6) is -0.182. The van der Waals surface area contributed by atoms with E-state index in [1.807, 2.05) is 47.7 Å². The molecule has 1 atom stereocenters. The Morgan fingerprint density at radius 3 is 2.85 bits per heavy atom. The second kappa shape index (κ2) is 9.86. The number of amides is 1. The minimum atomic E-state index is -0.573. The highest BCUT2D eigenvalue weighted by molar-refractivity contribution is 7.17. The van der Waals surface area contributed by atoms with Crippen molar-refractivity contribution in [1.29, 1.82) is 0 Å². The number of fused-ring (bicyclic) bond motifs is 1. The summed E-state index contributed by atoms with van der Waals surface area (Å²) in [6.07, 6.45) is 4.86. The molecule has 7 nitrogen and oxygen atoms in total. The van der Waals surface area contributed by atoms with Crippen LogP contribution in [0.25, 0.3) is 16.2 Å². The first-order chi connectivity index (χ1) is 15.9.